The van der Waals surface area contributed by atoms with E-state index in [1.807, 2.05) is 81.4 Å². The standard InChI is InChI=1S/C26H36N4O4/c1-18-15-30(19(2)17-31)25(32)14-20-13-22(28(3)4)11-12-23(20)34-24(18)16-29(5)26(33)27-21-9-7-6-8-10-21/h6-13,18-19,24,31H,14-17H2,1-5H3,(H,27,33)/t18-,19+,24-/m0/s1. The Hall–Kier alpha value is -3.26. The van der Waals surface area contributed by atoms with Crippen molar-refractivity contribution in [3.05, 3.63) is 54.1 Å². The van der Waals surface area contributed by atoms with Crippen molar-refractivity contribution < 1.29 is 19.4 Å². The lowest BCUT2D eigenvalue weighted by molar-refractivity contribution is -0.134. The molecule has 0 aromatic heterocycles. The summed E-state index contributed by atoms with van der Waals surface area (Å²) >= 11 is 0. The molecule has 0 aliphatic carbocycles. The first-order chi connectivity index (χ1) is 16.2. The highest BCUT2D eigenvalue weighted by Gasteiger charge is 2.31. The van der Waals surface area contributed by atoms with E-state index in [0.29, 0.717) is 18.8 Å². The van der Waals surface area contributed by atoms with E-state index in [-0.39, 0.29) is 43.0 Å². The van der Waals surface area contributed by atoms with Crippen LogP contribution in [0.4, 0.5) is 16.2 Å². The van der Waals surface area contributed by atoms with Crippen LogP contribution >= 0.6 is 0 Å². The van der Waals surface area contributed by atoms with Crippen molar-refractivity contribution in [2.24, 2.45) is 5.92 Å². The van der Waals surface area contributed by atoms with Crippen LogP contribution in [0.25, 0.3) is 0 Å². The fourth-order valence-electron chi connectivity index (χ4n) is 4.01. The van der Waals surface area contributed by atoms with Gasteiger partial charge in [-0.2, -0.15) is 0 Å². The van der Waals surface area contributed by atoms with Crippen LogP contribution in [0.3, 0.4) is 0 Å². The number of rotatable bonds is 6. The number of amides is 3. The Morgan fingerprint density at radius 1 is 1.21 bits per heavy atom. The van der Waals surface area contributed by atoms with Gasteiger partial charge >= 0.3 is 6.03 Å². The van der Waals surface area contributed by atoms with Crippen molar-refractivity contribution in [2.45, 2.75) is 32.4 Å². The lowest BCUT2D eigenvalue weighted by Gasteiger charge is -2.34. The first kappa shape index (κ1) is 25.4. The van der Waals surface area contributed by atoms with Crippen LogP contribution in [0.2, 0.25) is 0 Å². The summed E-state index contributed by atoms with van der Waals surface area (Å²) in [6, 6.07) is 14.6. The maximum Gasteiger partial charge on any atom is 0.321 e. The number of anilines is 2. The van der Waals surface area contributed by atoms with Gasteiger partial charge in [-0.3, -0.25) is 4.79 Å². The van der Waals surface area contributed by atoms with Gasteiger partial charge in [0.1, 0.15) is 11.9 Å². The number of carbonyl (C=O) groups excluding carboxylic acids is 2. The monoisotopic (exact) mass is 468 g/mol. The Kier molecular flexibility index (Phi) is 8.39. The minimum absolute atomic E-state index is 0.0509. The summed E-state index contributed by atoms with van der Waals surface area (Å²) in [6.45, 7) is 4.50. The normalized spacial score (nSPS) is 19.1. The smallest absolute Gasteiger partial charge is 0.321 e. The van der Waals surface area contributed by atoms with Crippen molar-refractivity contribution in [3.63, 3.8) is 0 Å². The predicted octanol–water partition coefficient (Wildman–Crippen LogP) is 3.07. The number of benzene rings is 2. The third-order valence-electron chi connectivity index (χ3n) is 6.24. The van der Waals surface area contributed by atoms with Gasteiger partial charge in [-0.15, -0.1) is 0 Å². The number of hydrogen-bond acceptors (Lipinski definition) is 5. The molecular weight excluding hydrogens is 432 g/mol. The molecule has 3 rings (SSSR count). The number of nitrogens with one attached hydrogen (secondary N) is 1. The highest BCUT2D eigenvalue weighted by Crippen LogP contribution is 2.30. The van der Waals surface area contributed by atoms with Crippen LogP contribution < -0.4 is 15.0 Å². The number of aliphatic hydroxyl groups excluding tert-OH is 1. The maximum absolute atomic E-state index is 13.2. The minimum Gasteiger partial charge on any atom is -0.488 e. The van der Waals surface area contributed by atoms with E-state index in [9.17, 15) is 14.7 Å². The molecule has 0 fully saturated rings. The van der Waals surface area contributed by atoms with Gasteiger partial charge in [0.15, 0.2) is 0 Å². The number of para-hydroxylation sites is 1. The molecule has 1 heterocycles. The molecule has 34 heavy (non-hydrogen) atoms. The molecule has 3 amide bonds. The molecule has 0 spiro atoms. The zero-order valence-electron chi connectivity index (χ0n) is 20.7. The zero-order chi connectivity index (χ0) is 24.8. The molecule has 0 saturated heterocycles. The van der Waals surface area contributed by atoms with E-state index < -0.39 is 0 Å². The van der Waals surface area contributed by atoms with Crippen molar-refractivity contribution in [1.82, 2.24) is 9.80 Å². The maximum atomic E-state index is 13.2. The number of hydrogen-bond donors (Lipinski definition) is 2. The van der Waals surface area contributed by atoms with Crippen molar-refractivity contribution in [2.75, 3.05) is 51.1 Å². The Morgan fingerprint density at radius 3 is 2.56 bits per heavy atom. The van der Waals surface area contributed by atoms with Crippen molar-refractivity contribution >= 4 is 23.3 Å². The van der Waals surface area contributed by atoms with Gasteiger partial charge < -0.3 is 29.9 Å². The SMILES string of the molecule is C[C@H](CO)N1C[C@H](C)[C@H](CN(C)C(=O)Nc2ccccc2)Oc2ccc(N(C)C)cc2CC1=O. The number of urea groups is 1. The number of carbonyl (C=O) groups is 2. The van der Waals surface area contributed by atoms with Crippen LogP contribution in [0.1, 0.15) is 19.4 Å². The van der Waals surface area contributed by atoms with Gasteiger partial charge in [-0.1, -0.05) is 25.1 Å². The summed E-state index contributed by atoms with van der Waals surface area (Å²) in [5.74, 6) is 0.514. The Bertz CT molecular complexity index is 982. The van der Waals surface area contributed by atoms with E-state index in [1.54, 1.807) is 16.8 Å². The largest absolute Gasteiger partial charge is 0.488 e. The molecule has 2 N–H and O–H groups in total. The molecule has 0 radical (unpaired) electrons. The second-order valence-corrected chi connectivity index (χ2v) is 9.25. The Morgan fingerprint density at radius 2 is 1.91 bits per heavy atom. The topological polar surface area (TPSA) is 85.3 Å². The molecule has 0 bridgehead atoms. The van der Waals surface area contributed by atoms with Crippen LogP contribution in [0.15, 0.2) is 48.5 Å². The van der Waals surface area contributed by atoms with E-state index in [2.05, 4.69) is 5.32 Å². The molecule has 2 aromatic carbocycles. The second kappa shape index (κ2) is 11.2. The van der Waals surface area contributed by atoms with Gasteiger partial charge in [0, 0.05) is 50.5 Å². The predicted molar refractivity (Wildman–Crippen MR) is 134 cm³/mol. The fourth-order valence-corrected chi connectivity index (χ4v) is 4.01. The molecule has 8 heteroatoms. The summed E-state index contributed by atoms with van der Waals surface area (Å²) in [7, 11) is 5.63. The molecule has 3 atom stereocenters. The van der Waals surface area contributed by atoms with Gasteiger partial charge in [-0.25, -0.2) is 4.79 Å². The first-order valence-corrected chi connectivity index (χ1v) is 11.6. The number of aliphatic hydroxyl groups is 1. The van der Waals surface area contributed by atoms with E-state index >= 15 is 0 Å². The van der Waals surface area contributed by atoms with Gasteiger partial charge in [0.2, 0.25) is 5.91 Å². The molecule has 8 nitrogen and oxygen atoms in total. The number of ether oxygens (including phenoxy) is 1. The van der Waals surface area contributed by atoms with Gasteiger partial charge in [-0.05, 0) is 37.3 Å². The number of fused-ring (bicyclic) bond motifs is 1. The van der Waals surface area contributed by atoms with Gasteiger partial charge in [0.05, 0.1) is 25.6 Å². The van der Waals surface area contributed by atoms with Crippen LogP contribution in [0.5, 0.6) is 5.75 Å². The first-order valence-electron chi connectivity index (χ1n) is 11.6. The average molecular weight is 469 g/mol. The molecule has 1 aliphatic heterocycles. The Balaban J connectivity index is 1.88. The van der Waals surface area contributed by atoms with E-state index in [1.165, 1.54) is 0 Å². The highest BCUT2D eigenvalue weighted by molar-refractivity contribution is 5.89. The summed E-state index contributed by atoms with van der Waals surface area (Å²) < 4.78 is 6.46. The third-order valence-corrected chi connectivity index (χ3v) is 6.24. The molecule has 1 aliphatic rings. The zero-order valence-corrected chi connectivity index (χ0v) is 20.7. The minimum atomic E-state index is -0.352. The van der Waals surface area contributed by atoms with E-state index in [4.69, 9.17) is 4.74 Å². The number of likely N-dealkylation sites (N-methyl/N-ethyl adjacent to an activating group) is 1. The van der Waals surface area contributed by atoms with Gasteiger partial charge in [0.25, 0.3) is 0 Å². The second-order valence-electron chi connectivity index (χ2n) is 9.25. The van der Waals surface area contributed by atoms with Crippen molar-refractivity contribution in [1.29, 1.82) is 0 Å². The quantitative estimate of drug-likeness (QED) is 0.681. The highest BCUT2D eigenvalue weighted by atomic mass is 16.5. The summed E-state index contributed by atoms with van der Waals surface area (Å²) in [4.78, 5) is 31.3. The van der Waals surface area contributed by atoms with Crippen LogP contribution in [-0.4, -0.2) is 79.8 Å². The lowest BCUT2D eigenvalue weighted by Crippen LogP contribution is -2.48. The summed E-state index contributed by atoms with van der Waals surface area (Å²) in [5.41, 5.74) is 2.49. The molecule has 0 unspecified atom stereocenters. The lowest BCUT2D eigenvalue weighted by atomic mass is 10.0. The Labute approximate surface area is 202 Å². The summed E-state index contributed by atoms with van der Waals surface area (Å²) in [5, 5.41) is 12.7. The average Bonchev–Trinajstić information content (AvgIpc) is 2.86. The number of nitrogens with zero attached hydrogens (tertiary/aromatic N) is 3. The molecule has 0 saturated carbocycles. The van der Waals surface area contributed by atoms with Crippen LogP contribution in [0, 0.1) is 5.92 Å². The molecule has 2 aromatic rings. The third kappa shape index (κ3) is 6.20. The fraction of sp³-hybridized carbons (Fsp3) is 0.462. The van der Waals surface area contributed by atoms with E-state index in [0.717, 1.165) is 16.9 Å². The molecule has 184 valence electrons. The molecular formula is C26H36N4O4. The van der Waals surface area contributed by atoms with Crippen molar-refractivity contribution in [3.8, 4) is 5.75 Å². The van der Waals surface area contributed by atoms with Crippen LogP contribution in [-0.2, 0) is 11.2 Å². The summed E-state index contributed by atoms with van der Waals surface area (Å²) in [6.07, 6.45) is -0.166.